The van der Waals surface area contributed by atoms with Gasteiger partial charge in [0.15, 0.2) is 5.82 Å². The predicted molar refractivity (Wildman–Crippen MR) is 127 cm³/mol. The third kappa shape index (κ3) is 4.19. The number of anilines is 1. The number of nitrogens with two attached hydrogens (primary N) is 1. The van der Waals surface area contributed by atoms with Gasteiger partial charge in [-0.3, -0.25) is 4.98 Å². The molecule has 0 saturated heterocycles. The highest BCUT2D eigenvalue weighted by Crippen LogP contribution is 2.36. The van der Waals surface area contributed by atoms with Crippen LogP contribution in [0, 0.1) is 0 Å². The average molecular weight is 427 g/mol. The summed E-state index contributed by atoms with van der Waals surface area (Å²) in [5, 5.41) is 5.61. The van der Waals surface area contributed by atoms with Crippen molar-refractivity contribution in [3.05, 3.63) is 84.1 Å². The van der Waals surface area contributed by atoms with Crippen LogP contribution in [0.25, 0.3) is 32.9 Å². The lowest BCUT2D eigenvalue weighted by Gasteiger charge is -2.14. The highest BCUT2D eigenvalue weighted by atomic mass is 32.1. The van der Waals surface area contributed by atoms with Gasteiger partial charge < -0.3 is 16.0 Å². The molecule has 1 unspecified atom stereocenters. The Morgan fingerprint density at radius 1 is 1.00 bits per heavy atom. The number of benzene rings is 1. The number of hydrogen-bond acceptors (Lipinski definition) is 6. The van der Waals surface area contributed by atoms with E-state index in [0.29, 0.717) is 12.4 Å². The Morgan fingerprint density at radius 3 is 2.61 bits per heavy atom. The number of fused-ring (bicyclic) bond motifs is 1. The minimum atomic E-state index is -0.0281. The van der Waals surface area contributed by atoms with Gasteiger partial charge in [-0.05, 0) is 36.2 Å². The molecule has 5 aromatic rings. The number of rotatable bonds is 7. The molecule has 0 spiro atoms. The Kier molecular flexibility index (Phi) is 5.43. The standard InChI is InChI=1S/C24H22N6S/c25-18(13-16-5-2-1-3-6-16)14-28-24-22-21(19(15-31-22)20-7-4-10-27-20)29-23(30-24)17-8-11-26-12-9-17/h1-12,15,18,27H,13-14,25H2,(H,28,29,30). The smallest absolute Gasteiger partial charge is 0.162 e. The minimum Gasteiger partial charge on any atom is -0.367 e. The summed E-state index contributed by atoms with van der Waals surface area (Å²) in [5.41, 5.74) is 11.6. The molecule has 4 aromatic heterocycles. The zero-order valence-electron chi connectivity index (χ0n) is 16.8. The number of nitrogens with zero attached hydrogens (tertiary/aromatic N) is 3. The molecule has 7 heteroatoms. The van der Waals surface area contributed by atoms with Crippen molar-refractivity contribution >= 4 is 27.4 Å². The maximum Gasteiger partial charge on any atom is 0.162 e. The van der Waals surface area contributed by atoms with E-state index in [1.165, 1.54) is 5.56 Å². The number of aromatic amines is 1. The van der Waals surface area contributed by atoms with E-state index in [9.17, 15) is 0 Å². The molecule has 0 saturated carbocycles. The van der Waals surface area contributed by atoms with Gasteiger partial charge in [-0.2, -0.15) is 0 Å². The van der Waals surface area contributed by atoms with E-state index < -0.39 is 0 Å². The van der Waals surface area contributed by atoms with E-state index in [4.69, 9.17) is 15.7 Å². The molecule has 0 aliphatic rings. The van der Waals surface area contributed by atoms with E-state index >= 15 is 0 Å². The van der Waals surface area contributed by atoms with E-state index in [0.717, 1.165) is 39.3 Å². The van der Waals surface area contributed by atoms with Crippen molar-refractivity contribution < 1.29 is 0 Å². The normalized spacial score (nSPS) is 12.2. The molecule has 0 aliphatic carbocycles. The number of aromatic nitrogens is 4. The van der Waals surface area contributed by atoms with Gasteiger partial charge >= 0.3 is 0 Å². The third-order valence-corrected chi connectivity index (χ3v) is 6.09. The van der Waals surface area contributed by atoms with Gasteiger partial charge in [-0.1, -0.05) is 30.3 Å². The minimum absolute atomic E-state index is 0.0281. The molecule has 5 rings (SSSR count). The van der Waals surface area contributed by atoms with Gasteiger partial charge in [0, 0.05) is 53.4 Å². The molecule has 6 nitrogen and oxygen atoms in total. The zero-order valence-corrected chi connectivity index (χ0v) is 17.6. The largest absolute Gasteiger partial charge is 0.367 e. The predicted octanol–water partition coefficient (Wildman–Crippen LogP) is 4.73. The molecule has 154 valence electrons. The first-order chi connectivity index (χ1) is 15.3. The summed E-state index contributed by atoms with van der Waals surface area (Å²) in [5.74, 6) is 1.48. The van der Waals surface area contributed by atoms with Crippen LogP contribution in [-0.4, -0.2) is 32.5 Å². The molecule has 0 fully saturated rings. The number of H-pyrrole nitrogens is 1. The molecule has 4 heterocycles. The maximum atomic E-state index is 6.41. The maximum absolute atomic E-state index is 6.41. The first kappa shape index (κ1) is 19.4. The van der Waals surface area contributed by atoms with E-state index in [-0.39, 0.29) is 6.04 Å². The fourth-order valence-corrected chi connectivity index (χ4v) is 4.54. The van der Waals surface area contributed by atoms with Crippen LogP contribution in [0.1, 0.15) is 5.56 Å². The Hall–Kier alpha value is -3.55. The van der Waals surface area contributed by atoms with Gasteiger partial charge in [0.1, 0.15) is 5.82 Å². The van der Waals surface area contributed by atoms with Crippen molar-refractivity contribution in [3.63, 3.8) is 0 Å². The van der Waals surface area contributed by atoms with Crippen LogP contribution in [0.3, 0.4) is 0 Å². The summed E-state index contributed by atoms with van der Waals surface area (Å²) in [7, 11) is 0. The highest BCUT2D eigenvalue weighted by molar-refractivity contribution is 7.18. The Balaban J connectivity index is 1.49. The Morgan fingerprint density at radius 2 is 1.84 bits per heavy atom. The molecule has 4 N–H and O–H groups in total. The lowest BCUT2D eigenvalue weighted by Crippen LogP contribution is -2.31. The quantitative estimate of drug-likeness (QED) is 0.350. The molecular weight excluding hydrogens is 404 g/mol. The van der Waals surface area contributed by atoms with Crippen LogP contribution in [0.2, 0.25) is 0 Å². The second kappa shape index (κ2) is 8.67. The van der Waals surface area contributed by atoms with Crippen LogP contribution in [0.4, 0.5) is 5.82 Å². The lowest BCUT2D eigenvalue weighted by atomic mass is 10.1. The van der Waals surface area contributed by atoms with Crippen molar-refractivity contribution in [1.29, 1.82) is 0 Å². The summed E-state index contributed by atoms with van der Waals surface area (Å²) in [6, 6.07) is 18.2. The van der Waals surface area contributed by atoms with Crippen LogP contribution in [0.15, 0.2) is 78.6 Å². The molecule has 0 amide bonds. The zero-order chi connectivity index (χ0) is 21.0. The number of nitrogens with one attached hydrogen (secondary N) is 2. The Labute approximate surface area is 184 Å². The van der Waals surface area contributed by atoms with Gasteiger partial charge in [-0.25, -0.2) is 9.97 Å². The van der Waals surface area contributed by atoms with Crippen molar-refractivity contribution in [2.45, 2.75) is 12.5 Å². The van der Waals surface area contributed by atoms with Crippen LogP contribution in [0.5, 0.6) is 0 Å². The molecule has 1 atom stereocenters. The van der Waals surface area contributed by atoms with Gasteiger partial charge in [0.2, 0.25) is 0 Å². The molecular formula is C24H22N6S. The second-order valence-corrected chi connectivity index (χ2v) is 8.25. The van der Waals surface area contributed by atoms with E-state index in [2.05, 4.69) is 38.9 Å². The lowest BCUT2D eigenvalue weighted by molar-refractivity contribution is 0.698. The van der Waals surface area contributed by atoms with Crippen LogP contribution in [-0.2, 0) is 6.42 Å². The van der Waals surface area contributed by atoms with Gasteiger partial charge in [0.05, 0.1) is 10.2 Å². The summed E-state index contributed by atoms with van der Waals surface area (Å²) in [4.78, 5) is 17.1. The van der Waals surface area contributed by atoms with E-state index in [1.807, 2.05) is 42.6 Å². The monoisotopic (exact) mass is 426 g/mol. The molecule has 1 aromatic carbocycles. The molecule has 0 radical (unpaired) electrons. The summed E-state index contributed by atoms with van der Waals surface area (Å²) < 4.78 is 1.02. The Bertz CT molecular complexity index is 1270. The van der Waals surface area contributed by atoms with Crippen LogP contribution < -0.4 is 11.1 Å². The second-order valence-electron chi connectivity index (χ2n) is 7.37. The fourth-order valence-electron chi connectivity index (χ4n) is 3.57. The van der Waals surface area contributed by atoms with Crippen molar-refractivity contribution in [3.8, 4) is 22.6 Å². The number of thiophene rings is 1. The molecule has 0 bridgehead atoms. The first-order valence-corrected chi connectivity index (χ1v) is 11.0. The van der Waals surface area contributed by atoms with Crippen molar-refractivity contribution in [1.82, 2.24) is 19.9 Å². The fraction of sp³-hybridized carbons (Fsp3) is 0.125. The summed E-state index contributed by atoms with van der Waals surface area (Å²) in [6.07, 6.45) is 6.24. The van der Waals surface area contributed by atoms with Crippen molar-refractivity contribution in [2.75, 3.05) is 11.9 Å². The van der Waals surface area contributed by atoms with Crippen molar-refractivity contribution in [2.24, 2.45) is 5.73 Å². The summed E-state index contributed by atoms with van der Waals surface area (Å²) >= 11 is 1.64. The third-order valence-electron chi connectivity index (χ3n) is 5.11. The summed E-state index contributed by atoms with van der Waals surface area (Å²) in [6.45, 7) is 0.618. The highest BCUT2D eigenvalue weighted by Gasteiger charge is 2.17. The number of hydrogen-bond donors (Lipinski definition) is 3. The average Bonchev–Trinajstić information content (AvgIpc) is 3.48. The van der Waals surface area contributed by atoms with E-state index in [1.54, 1.807) is 23.7 Å². The molecule has 0 aliphatic heterocycles. The SMILES string of the molecule is NC(CNc1nc(-c2ccncc2)nc2c(-c3ccc[nH]3)csc12)Cc1ccccc1. The topological polar surface area (TPSA) is 92.5 Å². The van der Waals surface area contributed by atoms with Gasteiger partial charge in [-0.15, -0.1) is 11.3 Å². The number of pyridine rings is 1. The van der Waals surface area contributed by atoms with Crippen LogP contribution >= 0.6 is 11.3 Å². The van der Waals surface area contributed by atoms with Gasteiger partial charge in [0.25, 0.3) is 0 Å². The first-order valence-electron chi connectivity index (χ1n) is 10.1. The molecule has 31 heavy (non-hydrogen) atoms.